The summed E-state index contributed by atoms with van der Waals surface area (Å²) in [5.41, 5.74) is 0.839. The lowest BCUT2D eigenvalue weighted by Crippen LogP contribution is -2.05. The van der Waals surface area contributed by atoms with Gasteiger partial charge in [-0.3, -0.25) is 4.79 Å². The van der Waals surface area contributed by atoms with Gasteiger partial charge in [-0.25, -0.2) is 0 Å². The number of thioether (sulfide) groups is 1. The molecule has 0 unspecified atom stereocenters. The predicted molar refractivity (Wildman–Crippen MR) is 82.3 cm³/mol. The summed E-state index contributed by atoms with van der Waals surface area (Å²) in [6, 6.07) is 12.1. The molecular formula is C13H12BrNOS2. The molecule has 0 aliphatic carbocycles. The Kier molecular flexibility index (Phi) is 4.86. The molecule has 0 saturated heterocycles. The van der Waals surface area contributed by atoms with E-state index in [4.69, 9.17) is 0 Å². The molecule has 1 heterocycles. The number of thiophene rings is 1. The van der Waals surface area contributed by atoms with Gasteiger partial charge in [-0.05, 0) is 52.3 Å². The zero-order valence-electron chi connectivity index (χ0n) is 9.77. The highest BCUT2D eigenvalue weighted by Gasteiger charge is 2.00. The van der Waals surface area contributed by atoms with Crippen molar-refractivity contribution < 1.29 is 4.79 Å². The van der Waals surface area contributed by atoms with Gasteiger partial charge in [0.1, 0.15) is 0 Å². The number of hydrogen-bond acceptors (Lipinski definition) is 3. The molecule has 0 radical (unpaired) electrons. The number of carbonyl (C=O) groups excluding carboxylic acids is 1. The van der Waals surface area contributed by atoms with E-state index in [0.717, 1.165) is 11.4 Å². The Morgan fingerprint density at radius 1 is 1.28 bits per heavy atom. The van der Waals surface area contributed by atoms with Crippen LogP contribution in [0, 0.1) is 0 Å². The van der Waals surface area contributed by atoms with Crippen LogP contribution in [0.5, 0.6) is 0 Å². The first-order chi connectivity index (χ1) is 8.63. The maximum absolute atomic E-state index is 10.9. The zero-order chi connectivity index (χ0) is 13.0. The SMILES string of the molecule is CC(=O)Nc1ccc(SCc2ccc(Br)s2)cc1. The minimum absolute atomic E-state index is 0.0427. The normalized spacial score (nSPS) is 10.3. The van der Waals surface area contributed by atoms with Crippen LogP contribution in [0.2, 0.25) is 0 Å². The van der Waals surface area contributed by atoms with E-state index in [9.17, 15) is 4.79 Å². The van der Waals surface area contributed by atoms with Gasteiger partial charge in [0.05, 0.1) is 3.79 Å². The first kappa shape index (κ1) is 13.6. The lowest BCUT2D eigenvalue weighted by atomic mass is 10.3. The van der Waals surface area contributed by atoms with Crippen molar-refractivity contribution >= 4 is 50.6 Å². The van der Waals surface area contributed by atoms with E-state index in [2.05, 4.69) is 33.4 Å². The second-order valence-electron chi connectivity index (χ2n) is 3.70. The summed E-state index contributed by atoms with van der Waals surface area (Å²) >= 11 is 7.01. The fraction of sp³-hybridized carbons (Fsp3) is 0.154. The molecule has 5 heteroatoms. The third kappa shape index (κ3) is 4.15. The molecule has 0 fully saturated rings. The highest BCUT2D eigenvalue weighted by atomic mass is 79.9. The molecule has 2 rings (SSSR count). The molecule has 1 aromatic carbocycles. The minimum Gasteiger partial charge on any atom is -0.326 e. The quantitative estimate of drug-likeness (QED) is 0.812. The highest BCUT2D eigenvalue weighted by molar-refractivity contribution is 9.11. The maximum Gasteiger partial charge on any atom is 0.221 e. The van der Waals surface area contributed by atoms with Crippen LogP contribution >= 0.6 is 39.0 Å². The maximum atomic E-state index is 10.9. The van der Waals surface area contributed by atoms with Crippen LogP contribution in [-0.4, -0.2) is 5.91 Å². The Balaban J connectivity index is 1.92. The largest absolute Gasteiger partial charge is 0.326 e. The van der Waals surface area contributed by atoms with E-state index in [1.165, 1.54) is 20.5 Å². The van der Waals surface area contributed by atoms with Gasteiger partial charge in [-0.1, -0.05) is 0 Å². The summed E-state index contributed by atoms with van der Waals surface area (Å²) in [5, 5.41) is 2.76. The summed E-state index contributed by atoms with van der Waals surface area (Å²) in [5.74, 6) is 0.925. The Morgan fingerprint density at radius 2 is 2.00 bits per heavy atom. The van der Waals surface area contributed by atoms with Crippen LogP contribution in [0.15, 0.2) is 45.1 Å². The van der Waals surface area contributed by atoms with Crippen molar-refractivity contribution in [1.29, 1.82) is 0 Å². The Morgan fingerprint density at radius 3 is 2.56 bits per heavy atom. The molecule has 0 bridgehead atoms. The van der Waals surface area contributed by atoms with Crippen molar-refractivity contribution in [2.24, 2.45) is 0 Å². The van der Waals surface area contributed by atoms with E-state index in [1.807, 2.05) is 24.3 Å². The van der Waals surface area contributed by atoms with Crippen molar-refractivity contribution in [2.45, 2.75) is 17.6 Å². The molecule has 2 aromatic rings. The Bertz CT molecular complexity index is 536. The van der Waals surface area contributed by atoms with Gasteiger partial charge in [0.15, 0.2) is 0 Å². The van der Waals surface area contributed by atoms with Gasteiger partial charge in [0.2, 0.25) is 5.91 Å². The molecule has 94 valence electrons. The standard InChI is InChI=1S/C13H12BrNOS2/c1-9(16)15-10-2-4-11(5-3-10)17-8-12-6-7-13(14)18-12/h2-7H,8H2,1H3,(H,15,16). The number of amides is 1. The Labute approximate surface area is 123 Å². The van der Waals surface area contributed by atoms with Crippen LogP contribution in [0.3, 0.4) is 0 Å². The number of benzene rings is 1. The monoisotopic (exact) mass is 341 g/mol. The minimum atomic E-state index is -0.0427. The van der Waals surface area contributed by atoms with Crippen LogP contribution in [-0.2, 0) is 10.5 Å². The average molecular weight is 342 g/mol. The fourth-order valence-electron chi connectivity index (χ4n) is 1.42. The Hall–Kier alpha value is -0.780. The summed E-state index contributed by atoms with van der Waals surface area (Å²) in [7, 11) is 0. The van der Waals surface area contributed by atoms with E-state index in [-0.39, 0.29) is 5.91 Å². The summed E-state index contributed by atoms with van der Waals surface area (Å²) in [4.78, 5) is 13.4. The zero-order valence-corrected chi connectivity index (χ0v) is 13.0. The average Bonchev–Trinajstić information content (AvgIpc) is 2.74. The van der Waals surface area contributed by atoms with Gasteiger partial charge >= 0.3 is 0 Å². The molecule has 0 aliphatic rings. The van der Waals surface area contributed by atoms with Gasteiger partial charge < -0.3 is 5.32 Å². The predicted octanol–water partition coefficient (Wildman–Crippen LogP) is 4.76. The van der Waals surface area contributed by atoms with Gasteiger partial charge in [-0.15, -0.1) is 23.1 Å². The van der Waals surface area contributed by atoms with E-state index in [1.54, 1.807) is 23.1 Å². The molecule has 1 N–H and O–H groups in total. The highest BCUT2D eigenvalue weighted by Crippen LogP contribution is 2.29. The van der Waals surface area contributed by atoms with E-state index < -0.39 is 0 Å². The van der Waals surface area contributed by atoms with Crippen molar-refractivity contribution in [3.05, 3.63) is 45.1 Å². The van der Waals surface area contributed by atoms with Crippen molar-refractivity contribution in [3.63, 3.8) is 0 Å². The number of anilines is 1. The smallest absolute Gasteiger partial charge is 0.221 e. The summed E-state index contributed by atoms with van der Waals surface area (Å²) in [6.07, 6.45) is 0. The second kappa shape index (κ2) is 6.41. The first-order valence-corrected chi connectivity index (χ1v) is 7.97. The molecule has 1 aromatic heterocycles. The number of hydrogen-bond donors (Lipinski definition) is 1. The summed E-state index contributed by atoms with van der Waals surface area (Å²) in [6.45, 7) is 1.51. The number of carbonyl (C=O) groups is 1. The molecule has 2 nitrogen and oxygen atoms in total. The number of rotatable bonds is 4. The molecule has 0 aliphatic heterocycles. The molecule has 1 amide bonds. The molecule has 0 saturated carbocycles. The molecular weight excluding hydrogens is 330 g/mol. The molecule has 18 heavy (non-hydrogen) atoms. The van der Waals surface area contributed by atoms with Gasteiger partial charge in [0.25, 0.3) is 0 Å². The molecule has 0 atom stereocenters. The van der Waals surface area contributed by atoms with E-state index >= 15 is 0 Å². The number of nitrogens with one attached hydrogen (secondary N) is 1. The van der Waals surface area contributed by atoms with Crippen LogP contribution in [0.25, 0.3) is 0 Å². The van der Waals surface area contributed by atoms with Crippen LogP contribution in [0.1, 0.15) is 11.8 Å². The summed E-state index contributed by atoms with van der Waals surface area (Å²) < 4.78 is 1.17. The number of halogens is 1. The second-order valence-corrected chi connectivity index (χ2v) is 7.30. The topological polar surface area (TPSA) is 29.1 Å². The van der Waals surface area contributed by atoms with E-state index in [0.29, 0.717) is 0 Å². The van der Waals surface area contributed by atoms with Crippen molar-refractivity contribution in [3.8, 4) is 0 Å². The van der Waals surface area contributed by atoms with Crippen LogP contribution < -0.4 is 5.32 Å². The third-order valence-corrected chi connectivity index (χ3v) is 5.05. The third-order valence-electron chi connectivity index (χ3n) is 2.18. The lowest BCUT2D eigenvalue weighted by molar-refractivity contribution is -0.114. The first-order valence-electron chi connectivity index (χ1n) is 5.38. The lowest BCUT2D eigenvalue weighted by Gasteiger charge is -2.03. The molecule has 0 spiro atoms. The fourth-order valence-corrected chi connectivity index (χ4v) is 3.85. The van der Waals surface area contributed by atoms with Crippen LogP contribution in [0.4, 0.5) is 5.69 Å². The van der Waals surface area contributed by atoms with Gasteiger partial charge in [-0.2, -0.15) is 0 Å². The van der Waals surface area contributed by atoms with Crippen molar-refractivity contribution in [2.75, 3.05) is 5.32 Å². The van der Waals surface area contributed by atoms with Gasteiger partial charge in [0, 0.05) is 28.1 Å². The van der Waals surface area contributed by atoms with Crippen molar-refractivity contribution in [1.82, 2.24) is 0 Å².